The van der Waals surface area contributed by atoms with Crippen LogP contribution in [-0.4, -0.2) is 18.5 Å². The van der Waals surface area contributed by atoms with E-state index in [1.165, 1.54) is 0 Å². The van der Waals surface area contributed by atoms with Crippen molar-refractivity contribution < 1.29 is 4.79 Å². The lowest BCUT2D eigenvalue weighted by Crippen LogP contribution is -2.45. The Morgan fingerprint density at radius 1 is 1.43 bits per heavy atom. The zero-order chi connectivity index (χ0) is 14.2. The molecule has 2 fully saturated rings. The van der Waals surface area contributed by atoms with Gasteiger partial charge in [-0.05, 0) is 56.8 Å². The molecule has 1 aromatic carbocycles. The van der Waals surface area contributed by atoms with Crippen LogP contribution in [0.25, 0.3) is 0 Å². The Morgan fingerprint density at radius 3 is 2.81 bits per heavy atom. The largest absolute Gasteiger partial charge is 0.346 e. The molecule has 0 bridgehead atoms. The fraction of sp³-hybridized carbons (Fsp3) is 0.562. The van der Waals surface area contributed by atoms with Gasteiger partial charge in [-0.15, -0.1) is 12.4 Å². The van der Waals surface area contributed by atoms with Gasteiger partial charge in [0.15, 0.2) is 0 Å². The molecule has 0 spiro atoms. The molecule has 0 aromatic heterocycles. The molecule has 21 heavy (non-hydrogen) atoms. The van der Waals surface area contributed by atoms with E-state index in [0.29, 0.717) is 6.04 Å². The van der Waals surface area contributed by atoms with E-state index in [2.05, 4.69) is 23.6 Å². The number of nitrogens with one attached hydrogen (secondary N) is 2. The third-order valence-corrected chi connectivity index (χ3v) is 4.72. The number of carbonyl (C=O) groups excluding carboxylic acids is 1. The topological polar surface area (TPSA) is 41.1 Å². The average molecular weight is 329 g/mol. The summed E-state index contributed by atoms with van der Waals surface area (Å²) in [4.78, 5) is 12.5. The van der Waals surface area contributed by atoms with Gasteiger partial charge in [-0.25, -0.2) is 0 Å². The summed E-state index contributed by atoms with van der Waals surface area (Å²) in [6.45, 7) is 3.08. The summed E-state index contributed by atoms with van der Waals surface area (Å²) in [7, 11) is 0. The highest BCUT2D eigenvalue weighted by atomic mass is 35.5. The number of benzene rings is 1. The van der Waals surface area contributed by atoms with E-state index in [1.54, 1.807) is 0 Å². The molecule has 1 saturated carbocycles. The first-order chi connectivity index (χ1) is 9.59. The summed E-state index contributed by atoms with van der Waals surface area (Å²) in [5, 5.41) is 7.40. The van der Waals surface area contributed by atoms with Gasteiger partial charge in [0.05, 0.1) is 5.54 Å². The molecule has 3 rings (SSSR count). The lowest BCUT2D eigenvalue weighted by atomic mass is 9.91. The number of carbonyl (C=O) groups is 1. The highest BCUT2D eigenvalue weighted by Gasteiger charge is 2.46. The van der Waals surface area contributed by atoms with Gasteiger partial charge in [0.1, 0.15) is 0 Å². The number of rotatable bonds is 3. The molecule has 1 saturated heterocycles. The average Bonchev–Trinajstić information content (AvgIpc) is 3.20. The third kappa shape index (κ3) is 3.71. The number of amides is 1. The maximum absolute atomic E-state index is 12.5. The van der Waals surface area contributed by atoms with E-state index in [9.17, 15) is 4.79 Å². The van der Waals surface area contributed by atoms with E-state index in [0.717, 1.165) is 42.8 Å². The van der Waals surface area contributed by atoms with Crippen LogP contribution >= 0.6 is 24.0 Å². The highest BCUT2D eigenvalue weighted by molar-refractivity contribution is 6.30. The standard InChI is InChI=1S/C16H21ClN2O.ClH/c1-11-9-12(5-8-18-11)15(20)19-16(6-7-16)13-3-2-4-14(17)10-13;/h2-4,10-12,18H,5-9H2,1H3,(H,19,20);1H/t11-,12-;/m0./s1. The van der Waals surface area contributed by atoms with Crippen molar-refractivity contribution in [2.24, 2.45) is 5.92 Å². The van der Waals surface area contributed by atoms with E-state index in [-0.39, 0.29) is 29.8 Å². The summed E-state index contributed by atoms with van der Waals surface area (Å²) in [5.41, 5.74) is 0.983. The minimum absolute atomic E-state index is 0. The second kappa shape index (κ2) is 6.55. The van der Waals surface area contributed by atoms with Gasteiger partial charge in [0.2, 0.25) is 5.91 Å². The monoisotopic (exact) mass is 328 g/mol. The molecule has 1 aliphatic heterocycles. The SMILES string of the molecule is C[C@H]1C[C@@H](C(=O)NC2(c3cccc(Cl)c3)CC2)CCN1.Cl. The Hall–Kier alpha value is -0.770. The summed E-state index contributed by atoms with van der Waals surface area (Å²) in [6.07, 6.45) is 3.89. The van der Waals surface area contributed by atoms with Gasteiger partial charge in [0.25, 0.3) is 0 Å². The Balaban J connectivity index is 0.00000161. The van der Waals surface area contributed by atoms with Crippen LogP contribution in [0.15, 0.2) is 24.3 Å². The van der Waals surface area contributed by atoms with Crippen LogP contribution in [0.1, 0.15) is 38.2 Å². The molecular formula is C16H22Cl2N2O. The Labute approximate surface area is 137 Å². The fourth-order valence-corrected chi connectivity index (χ4v) is 3.30. The molecule has 2 aliphatic rings. The van der Waals surface area contributed by atoms with Crippen molar-refractivity contribution in [2.75, 3.05) is 6.54 Å². The van der Waals surface area contributed by atoms with Crippen LogP contribution in [0.2, 0.25) is 5.02 Å². The van der Waals surface area contributed by atoms with E-state index >= 15 is 0 Å². The maximum Gasteiger partial charge on any atom is 0.223 e. The Bertz CT molecular complexity index is 517. The summed E-state index contributed by atoms with van der Waals surface area (Å²) in [5.74, 6) is 0.346. The van der Waals surface area contributed by atoms with Crippen LogP contribution in [0.3, 0.4) is 0 Å². The van der Waals surface area contributed by atoms with Gasteiger partial charge < -0.3 is 10.6 Å². The summed E-state index contributed by atoms with van der Waals surface area (Å²) >= 11 is 6.06. The van der Waals surface area contributed by atoms with Crippen LogP contribution in [0.4, 0.5) is 0 Å². The minimum Gasteiger partial charge on any atom is -0.346 e. The molecule has 1 heterocycles. The second-order valence-electron chi connectivity index (χ2n) is 6.16. The van der Waals surface area contributed by atoms with Crippen LogP contribution in [0.5, 0.6) is 0 Å². The zero-order valence-corrected chi connectivity index (χ0v) is 13.8. The highest BCUT2D eigenvalue weighted by Crippen LogP contribution is 2.46. The Morgan fingerprint density at radius 2 is 2.19 bits per heavy atom. The first-order valence-corrected chi connectivity index (χ1v) is 7.78. The maximum atomic E-state index is 12.5. The number of piperidine rings is 1. The first-order valence-electron chi connectivity index (χ1n) is 7.40. The normalized spacial score (nSPS) is 26.6. The number of halogens is 2. The molecule has 116 valence electrons. The van der Waals surface area contributed by atoms with E-state index in [4.69, 9.17) is 11.6 Å². The quantitative estimate of drug-likeness (QED) is 0.894. The molecule has 0 unspecified atom stereocenters. The van der Waals surface area contributed by atoms with Gasteiger partial charge in [-0.2, -0.15) is 0 Å². The van der Waals surface area contributed by atoms with Crippen molar-refractivity contribution in [3.8, 4) is 0 Å². The lowest BCUT2D eigenvalue weighted by Gasteiger charge is -2.29. The summed E-state index contributed by atoms with van der Waals surface area (Å²) < 4.78 is 0. The minimum atomic E-state index is -0.157. The molecule has 1 aromatic rings. The third-order valence-electron chi connectivity index (χ3n) is 4.48. The molecule has 2 atom stereocenters. The zero-order valence-electron chi connectivity index (χ0n) is 12.2. The molecule has 2 N–H and O–H groups in total. The molecule has 0 radical (unpaired) electrons. The molecule has 1 aliphatic carbocycles. The van der Waals surface area contributed by atoms with Crippen LogP contribution in [-0.2, 0) is 10.3 Å². The van der Waals surface area contributed by atoms with Gasteiger partial charge >= 0.3 is 0 Å². The first kappa shape index (κ1) is 16.6. The van der Waals surface area contributed by atoms with Crippen molar-refractivity contribution in [2.45, 2.75) is 44.2 Å². The van der Waals surface area contributed by atoms with Crippen molar-refractivity contribution in [1.82, 2.24) is 10.6 Å². The molecule has 3 nitrogen and oxygen atoms in total. The molecule has 1 amide bonds. The lowest BCUT2D eigenvalue weighted by molar-refractivity contribution is -0.127. The van der Waals surface area contributed by atoms with Crippen molar-refractivity contribution in [3.63, 3.8) is 0 Å². The van der Waals surface area contributed by atoms with Crippen molar-refractivity contribution in [3.05, 3.63) is 34.9 Å². The predicted molar refractivity (Wildman–Crippen MR) is 87.9 cm³/mol. The summed E-state index contributed by atoms with van der Waals surface area (Å²) in [6, 6.07) is 8.29. The fourth-order valence-electron chi connectivity index (χ4n) is 3.10. The predicted octanol–water partition coefficient (Wildman–Crippen LogP) is 3.26. The van der Waals surface area contributed by atoms with Gasteiger partial charge in [0, 0.05) is 17.0 Å². The second-order valence-corrected chi connectivity index (χ2v) is 6.59. The smallest absolute Gasteiger partial charge is 0.223 e. The van der Waals surface area contributed by atoms with Crippen LogP contribution < -0.4 is 10.6 Å². The van der Waals surface area contributed by atoms with E-state index < -0.39 is 0 Å². The van der Waals surface area contributed by atoms with Crippen LogP contribution in [0, 0.1) is 5.92 Å². The van der Waals surface area contributed by atoms with Gasteiger partial charge in [-0.3, -0.25) is 4.79 Å². The van der Waals surface area contributed by atoms with Gasteiger partial charge in [-0.1, -0.05) is 23.7 Å². The molecule has 5 heteroatoms. The van der Waals surface area contributed by atoms with Crippen molar-refractivity contribution in [1.29, 1.82) is 0 Å². The number of hydrogen-bond acceptors (Lipinski definition) is 2. The van der Waals surface area contributed by atoms with Crippen molar-refractivity contribution >= 4 is 29.9 Å². The Kier molecular flexibility index (Phi) is 5.18. The number of hydrogen-bond donors (Lipinski definition) is 2. The van der Waals surface area contributed by atoms with E-state index in [1.807, 2.05) is 18.2 Å². The molecular weight excluding hydrogens is 307 g/mol.